The van der Waals surface area contributed by atoms with Crippen LogP contribution in [0, 0.1) is 6.92 Å². The van der Waals surface area contributed by atoms with E-state index in [0.717, 1.165) is 124 Å². The van der Waals surface area contributed by atoms with Crippen LogP contribution in [0.4, 0.5) is 0 Å². The molecule has 12 heteroatoms. The molecule has 8 fully saturated rings. The zero-order chi connectivity index (χ0) is 56.5. The van der Waals surface area contributed by atoms with Crippen molar-refractivity contribution in [2.75, 3.05) is 151 Å². The Morgan fingerprint density at radius 2 is 0.608 bits per heavy atom. The highest BCUT2D eigenvalue weighted by molar-refractivity contribution is 5.15. The van der Waals surface area contributed by atoms with E-state index in [9.17, 15) is 0 Å². The van der Waals surface area contributed by atoms with Crippen LogP contribution in [0.5, 0.6) is 0 Å². The van der Waals surface area contributed by atoms with Crippen molar-refractivity contribution >= 4 is 0 Å². The largest absolute Gasteiger partial charge is 0.347 e. The highest BCUT2D eigenvalue weighted by Crippen LogP contribution is 2.28. The summed E-state index contributed by atoms with van der Waals surface area (Å²) >= 11 is 0. The molecular weight excluding hydrogens is 977 g/mol. The minimum Gasteiger partial charge on any atom is -0.347 e. The molecule has 8 aliphatic heterocycles. The molecule has 4 aromatic rings. The third-order valence-electron chi connectivity index (χ3n) is 14.0. The summed E-state index contributed by atoms with van der Waals surface area (Å²) in [6.07, 6.45) is 18.0. The van der Waals surface area contributed by atoms with Gasteiger partial charge in [-0.2, -0.15) is 0 Å². The molecule has 79 heavy (non-hydrogen) atoms. The van der Waals surface area contributed by atoms with Crippen molar-refractivity contribution in [3.8, 4) is 0 Å². The van der Waals surface area contributed by atoms with E-state index in [2.05, 4.69) is 172 Å². The minimum absolute atomic E-state index is 0.189. The van der Waals surface area contributed by atoms with Gasteiger partial charge in [0, 0.05) is 91.4 Å². The quantitative estimate of drug-likeness (QED) is 0.0967. The standard InChI is InChI=1S/3C8H10.C7H13NO2.C7H15N.C7H8.C5H12N2.C5H11N.2C4H10N2.C4H9N/c3*1-2-8-6-4-3-5-7-8;1-3-8-4-2-7(1)9-5-6-10-7;1-2-8-6-4-3-5-7-8;1-7-5-3-2-4-6-7;1-2-6-4-5-7-3-1;1-2-4-6-5-3-1;2*1-2-6-4-3-5-1;1-2-4-5-3-1/h3*3-7H,2H2,1H3;8H,1-6H2;2-7H2,1H3;2-6H,1H3;6-7H,1-5H2;6H,1-5H2;2*5-6H,1-4H2;5H,1-4H2. The maximum Gasteiger partial charge on any atom is 0.170 e. The van der Waals surface area contributed by atoms with Crippen molar-refractivity contribution in [3.63, 3.8) is 0 Å². The number of rotatable bonds is 4. The smallest absolute Gasteiger partial charge is 0.170 e. The van der Waals surface area contributed by atoms with E-state index in [-0.39, 0.29) is 5.79 Å². The Labute approximate surface area is 484 Å². The number of piperazine rings is 2. The van der Waals surface area contributed by atoms with Crippen LogP contribution >= 0.6 is 0 Å². The molecular formula is C67H118N10O2. The molecule has 8 aliphatic rings. The fourth-order valence-corrected chi connectivity index (χ4v) is 8.94. The summed E-state index contributed by atoms with van der Waals surface area (Å²) in [6, 6.07) is 41.6. The molecule has 0 atom stereocenters. The molecule has 448 valence electrons. The van der Waals surface area contributed by atoms with E-state index >= 15 is 0 Å². The molecule has 0 saturated carbocycles. The first-order valence-corrected chi connectivity index (χ1v) is 31.5. The molecule has 0 aromatic heterocycles. The summed E-state index contributed by atoms with van der Waals surface area (Å²) < 4.78 is 11.0. The van der Waals surface area contributed by atoms with Gasteiger partial charge in [0.05, 0.1) is 13.2 Å². The average Bonchev–Trinajstić information content (AvgIpc) is 4.22. The molecule has 4 aromatic carbocycles. The van der Waals surface area contributed by atoms with E-state index in [1.807, 2.05) is 36.4 Å². The second kappa shape index (κ2) is 55.0. The van der Waals surface area contributed by atoms with Gasteiger partial charge in [0.15, 0.2) is 5.79 Å². The van der Waals surface area contributed by atoms with E-state index in [1.54, 1.807) is 0 Å². The van der Waals surface area contributed by atoms with Crippen LogP contribution in [-0.2, 0) is 28.7 Å². The van der Waals surface area contributed by atoms with Crippen molar-refractivity contribution in [2.24, 2.45) is 0 Å². The second-order valence-corrected chi connectivity index (χ2v) is 20.6. The van der Waals surface area contributed by atoms with Gasteiger partial charge in [-0.05, 0) is 147 Å². The fourth-order valence-electron chi connectivity index (χ4n) is 8.94. The first kappa shape index (κ1) is 71.5. The summed E-state index contributed by atoms with van der Waals surface area (Å²) in [6.45, 7) is 37.1. The summed E-state index contributed by atoms with van der Waals surface area (Å²) in [4.78, 5) is 2.52. The van der Waals surface area contributed by atoms with Crippen LogP contribution in [0.25, 0.3) is 0 Å². The number of benzene rings is 4. The Kier molecular flexibility index (Phi) is 49.7. The predicted molar refractivity (Wildman–Crippen MR) is 342 cm³/mol. The number of hydrogen-bond acceptors (Lipinski definition) is 12. The molecule has 12 rings (SSSR count). The zero-order valence-electron chi connectivity index (χ0n) is 51.0. The number of nitrogens with one attached hydrogen (secondary N) is 9. The third-order valence-corrected chi connectivity index (χ3v) is 14.0. The monoisotopic (exact) mass is 1090 g/mol. The molecule has 0 unspecified atom stereocenters. The molecule has 0 aliphatic carbocycles. The van der Waals surface area contributed by atoms with Gasteiger partial charge in [0.25, 0.3) is 0 Å². The van der Waals surface area contributed by atoms with Crippen LogP contribution in [0.3, 0.4) is 0 Å². The average molecular weight is 1100 g/mol. The normalized spacial score (nSPS) is 19.0. The van der Waals surface area contributed by atoms with Gasteiger partial charge >= 0.3 is 0 Å². The van der Waals surface area contributed by atoms with Crippen molar-refractivity contribution < 1.29 is 9.47 Å². The van der Waals surface area contributed by atoms with Crippen LogP contribution in [0.15, 0.2) is 121 Å². The molecule has 0 amide bonds. The third kappa shape index (κ3) is 44.7. The SMILES string of the molecule is C1CC2(CCN1)OCCO2.C1CCNC1.C1CCNCC1.C1CNCCN1.C1CNCCN1.C1CNCCNC1.CCN1CCCCC1.CCc1ccccc1.CCc1ccccc1.CCc1ccccc1.Cc1ccccc1. The number of hydrogen-bond donors (Lipinski definition) is 9. The van der Waals surface area contributed by atoms with E-state index < -0.39 is 0 Å². The molecule has 0 radical (unpaired) electrons. The highest BCUT2D eigenvalue weighted by atomic mass is 16.7. The summed E-state index contributed by atoms with van der Waals surface area (Å²) in [5.74, 6) is -0.189. The zero-order valence-corrected chi connectivity index (χ0v) is 51.0. The molecule has 8 heterocycles. The Morgan fingerprint density at radius 1 is 0.329 bits per heavy atom. The summed E-state index contributed by atoms with van der Waals surface area (Å²) in [5, 5.41) is 29.2. The Hall–Kier alpha value is -3.60. The highest BCUT2D eigenvalue weighted by Gasteiger charge is 2.37. The minimum atomic E-state index is -0.189. The molecule has 1 spiro atoms. The van der Waals surface area contributed by atoms with E-state index in [4.69, 9.17) is 9.47 Å². The lowest BCUT2D eigenvalue weighted by Crippen LogP contribution is -2.42. The Balaban J connectivity index is 0.000000298. The lowest BCUT2D eigenvalue weighted by atomic mass is 10.1. The van der Waals surface area contributed by atoms with Gasteiger partial charge in [-0.15, -0.1) is 0 Å². The van der Waals surface area contributed by atoms with Gasteiger partial charge in [0.2, 0.25) is 0 Å². The predicted octanol–water partition coefficient (Wildman–Crippen LogP) is 9.40. The molecule has 0 bridgehead atoms. The van der Waals surface area contributed by atoms with Gasteiger partial charge in [-0.1, -0.05) is 167 Å². The van der Waals surface area contributed by atoms with Gasteiger partial charge in [-0.3, -0.25) is 0 Å². The van der Waals surface area contributed by atoms with Crippen LogP contribution in [0.1, 0.15) is 121 Å². The number of aryl methyl sites for hydroxylation is 4. The van der Waals surface area contributed by atoms with E-state index in [1.165, 1.54) is 139 Å². The lowest BCUT2D eigenvalue weighted by Gasteiger charge is -2.31. The number of ether oxygens (including phenoxy) is 2. The first-order valence-electron chi connectivity index (χ1n) is 31.5. The van der Waals surface area contributed by atoms with Crippen molar-refractivity contribution in [3.05, 3.63) is 144 Å². The maximum atomic E-state index is 5.52. The molecule has 9 N–H and O–H groups in total. The summed E-state index contributed by atoms with van der Waals surface area (Å²) in [7, 11) is 0. The lowest BCUT2D eigenvalue weighted by molar-refractivity contribution is -0.172. The van der Waals surface area contributed by atoms with Crippen molar-refractivity contribution in [2.45, 2.75) is 130 Å². The molecule has 12 nitrogen and oxygen atoms in total. The number of likely N-dealkylation sites (tertiary alicyclic amines) is 1. The van der Waals surface area contributed by atoms with Crippen LogP contribution in [0.2, 0.25) is 0 Å². The number of nitrogens with zero attached hydrogens (tertiary/aromatic N) is 1. The molecule has 8 saturated heterocycles. The Morgan fingerprint density at radius 3 is 0.848 bits per heavy atom. The number of piperidine rings is 3. The van der Waals surface area contributed by atoms with Crippen LogP contribution in [-0.4, -0.2) is 161 Å². The van der Waals surface area contributed by atoms with Gasteiger partial charge in [-0.25, -0.2) is 0 Å². The van der Waals surface area contributed by atoms with E-state index in [0.29, 0.717) is 0 Å². The van der Waals surface area contributed by atoms with Gasteiger partial charge in [0.1, 0.15) is 0 Å². The van der Waals surface area contributed by atoms with Gasteiger partial charge < -0.3 is 62.2 Å². The van der Waals surface area contributed by atoms with Crippen molar-refractivity contribution in [1.29, 1.82) is 0 Å². The topological polar surface area (TPSA) is 130 Å². The summed E-state index contributed by atoms with van der Waals surface area (Å²) in [5.41, 5.74) is 5.55. The first-order chi connectivity index (χ1) is 39.0. The van der Waals surface area contributed by atoms with Crippen molar-refractivity contribution in [1.82, 2.24) is 52.8 Å². The fraction of sp³-hybridized carbons (Fsp3) is 0.642. The second-order valence-electron chi connectivity index (χ2n) is 20.6. The Bertz CT molecular complexity index is 1580. The maximum absolute atomic E-state index is 5.52. The van der Waals surface area contributed by atoms with Crippen LogP contribution < -0.4 is 47.9 Å².